The van der Waals surface area contributed by atoms with Crippen LogP contribution >= 0.6 is 15.9 Å². The van der Waals surface area contributed by atoms with Gasteiger partial charge < -0.3 is 11.1 Å². The zero-order chi connectivity index (χ0) is 14.7. The summed E-state index contributed by atoms with van der Waals surface area (Å²) in [5.74, 6) is -0.153. The Hall–Kier alpha value is -1.73. The number of carbonyl (C=O) groups excluding carboxylic acids is 1. The predicted octanol–water partition coefficient (Wildman–Crippen LogP) is 1.75. The number of benzene rings is 1. The molecule has 7 heteroatoms. The Morgan fingerprint density at radius 2 is 2.05 bits per heavy atom. The van der Waals surface area contributed by atoms with Crippen molar-refractivity contribution in [1.29, 1.82) is 0 Å². The van der Waals surface area contributed by atoms with Crippen molar-refractivity contribution >= 4 is 27.5 Å². The second-order valence-corrected chi connectivity index (χ2v) is 5.38. The van der Waals surface area contributed by atoms with Crippen molar-refractivity contribution < 1.29 is 4.79 Å². The molecule has 2 aromatic rings. The van der Waals surface area contributed by atoms with Gasteiger partial charge in [0.25, 0.3) is 0 Å². The van der Waals surface area contributed by atoms with Crippen molar-refractivity contribution in [3.05, 3.63) is 39.6 Å². The smallest absolute Gasteiger partial charge is 0.246 e. The summed E-state index contributed by atoms with van der Waals surface area (Å²) >= 11 is 3.50. The van der Waals surface area contributed by atoms with Gasteiger partial charge in [0, 0.05) is 16.7 Å². The number of rotatable bonds is 4. The average Bonchev–Trinajstić information content (AvgIpc) is 2.83. The number of carbonyl (C=O) groups is 1. The molecule has 2 rings (SSSR count). The normalized spacial score (nSPS) is 10.6. The fraction of sp³-hybridized carbons (Fsp3) is 0.308. The Bertz CT molecular complexity index is 614. The second-order valence-electron chi connectivity index (χ2n) is 4.58. The van der Waals surface area contributed by atoms with Crippen LogP contribution in [0.5, 0.6) is 0 Å². The molecule has 0 fully saturated rings. The first kappa shape index (κ1) is 14.7. The Morgan fingerprint density at radius 1 is 1.40 bits per heavy atom. The highest BCUT2D eigenvalue weighted by Crippen LogP contribution is 2.24. The molecule has 0 radical (unpaired) electrons. The van der Waals surface area contributed by atoms with E-state index in [4.69, 9.17) is 5.73 Å². The molecule has 0 atom stereocenters. The van der Waals surface area contributed by atoms with Crippen LogP contribution in [0.4, 0.5) is 5.69 Å². The Kier molecular flexibility index (Phi) is 4.51. The number of nitrogens with zero attached hydrogens (tertiary/aromatic N) is 3. The molecular formula is C13H16BrN5O. The quantitative estimate of drug-likeness (QED) is 0.889. The van der Waals surface area contributed by atoms with Crippen LogP contribution in [0.25, 0.3) is 0 Å². The molecule has 106 valence electrons. The summed E-state index contributed by atoms with van der Waals surface area (Å²) in [7, 11) is 0. The van der Waals surface area contributed by atoms with Gasteiger partial charge in [0.2, 0.25) is 5.91 Å². The molecule has 1 heterocycles. The number of halogens is 1. The van der Waals surface area contributed by atoms with Crippen molar-refractivity contribution in [2.45, 2.75) is 26.9 Å². The van der Waals surface area contributed by atoms with Crippen LogP contribution in [-0.2, 0) is 17.9 Å². The van der Waals surface area contributed by atoms with Crippen LogP contribution in [0.1, 0.15) is 16.8 Å². The monoisotopic (exact) mass is 337 g/mol. The van der Waals surface area contributed by atoms with Crippen LogP contribution in [-0.4, -0.2) is 20.9 Å². The zero-order valence-electron chi connectivity index (χ0n) is 11.4. The average molecular weight is 338 g/mol. The SMILES string of the molecule is Cc1cc(NC(=O)Cn2cc(CN)nn2)cc(C)c1Br. The number of aryl methyl sites for hydroxylation is 2. The number of aromatic nitrogens is 3. The lowest BCUT2D eigenvalue weighted by Crippen LogP contribution is -2.19. The summed E-state index contributed by atoms with van der Waals surface area (Å²) < 4.78 is 2.52. The first-order valence-electron chi connectivity index (χ1n) is 6.15. The topological polar surface area (TPSA) is 85.8 Å². The van der Waals surface area contributed by atoms with E-state index in [0.717, 1.165) is 21.3 Å². The maximum absolute atomic E-state index is 11.9. The second kappa shape index (κ2) is 6.15. The van der Waals surface area contributed by atoms with Crippen molar-refractivity contribution in [2.75, 3.05) is 5.32 Å². The van der Waals surface area contributed by atoms with Gasteiger partial charge in [-0.1, -0.05) is 21.1 Å². The maximum atomic E-state index is 11.9. The van der Waals surface area contributed by atoms with Crippen LogP contribution in [0, 0.1) is 13.8 Å². The van der Waals surface area contributed by atoms with E-state index in [0.29, 0.717) is 12.2 Å². The lowest BCUT2D eigenvalue weighted by atomic mass is 10.1. The van der Waals surface area contributed by atoms with E-state index in [9.17, 15) is 4.79 Å². The highest BCUT2D eigenvalue weighted by molar-refractivity contribution is 9.10. The number of amides is 1. The molecule has 0 aliphatic carbocycles. The van der Waals surface area contributed by atoms with E-state index in [-0.39, 0.29) is 12.5 Å². The van der Waals surface area contributed by atoms with Crippen LogP contribution in [0.15, 0.2) is 22.8 Å². The summed E-state index contributed by atoms with van der Waals surface area (Å²) in [5, 5.41) is 10.5. The molecule has 1 aromatic heterocycles. The van der Waals surface area contributed by atoms with Gasteiger partial charge >= 0.3 is 0 Å². The van der Waals surface area contributed by atoms with Crippen LogP contribution < -0.4 is 11.1 Å². The number of nitrogens with one attached hydrogen (secondary N) is 1. The van der Waals surface area contributed by atoms with Gasteiger partial charge in [-0.05, 0) is 37.1 Å². The number of nitrogens with two attached hydrogens (primary N) is 1. The van der Waals surface area contributed by atoms with Gasteiger partial charge in [-0.15, -0.1) is 5.10 Å². The van der Waals surface area contributed by atoms with E-state index in [2.05, 4.69) is 31.6 Å². The van der Waals surface area contributed by atoms with Gasteiger partial charge in [-0.3, -0.25) is 4.79 Å². The van der Waals surface area contributed by atoms with Crippen LogP contribution in [0.2, 0.25) is 0 Å². The zero-order valence-corrected chi connectivity index (χ0v) is 12.9. The third-order valence-electron chi connectivity index (χ3n) is 2.82. The molecule has 0 saturated heterocycles. The van der Waals surface area contributed by atoms with Gasteiger partial charge in [0.15, 0.2) is 0 Å². The first-order chi connectivity index (χ1) is 9.49. The number of hydrogen-bond acceptors (Lipinski definition) is 4. The molecular weight excluding hydrogens is 322 g/mol. The van der Waals surface area contributed by atoms with E-state index in [1.807, 2.05) is 26.0 Å². The molecule has 20 heavy (non-hydrogen) atoms. The largest absolute Gasteiger partial charge is 0.325 e. The summed E-state index contributed by atoms with van der Waals surface area (Å²) in [6.45, 7) is 4.39. The summed E-state index contributed by atoms with van der Waals surface area (Å²) in [4.78, 5) is 11.9. The van der Waals surface area contributed by atoms with Gasteiger partial charge in [0.1, 0.15) is 6.54 Å². The molecule has 1 aromatic carbocycles. The Labute approximate surface area is 125 Å². The van der Waals surface area contributed by atoms with Gasteiger partial charge in [-0.25, -0.2) is 4.68 Å². The van der Waals surface area contributed by atoms with E-state index in [1.54, 1.807) is 6.20 Å². The fourth-order valence-electron chi connectivity index (χ4n) is 1.88. The lowest BCUT2D eigenvalue weighted by molar-refractivity contribution is -0.116. The fourth-order valence-corrected chi connectivity index (χ4v) is 2.10. The molecule has 0 bridgehead atoms. The summed E-state index contributed by atoms with van der Waals surface area (Å²) in [5.41, 5.74) is 9.03. The summed E-state index contributed by atoms with van der Waals surface area (Å²) in [6, 6.07) is 3.84. The molecule has 6 nitrogen and oxygen atoms in total. The van der Waals surface area contributed by atoms with Crippen molar-refractivity contribution in [2.24, 2.45) is 5.73 Å². The predicted molar refractivity (Wildman–Crippen MR) is 80.2 cm³/mol. The van der Waals surface area contributed by atoms with E-state index >= 15 is 0 Å². The highest BCUT2D eigenvalue weighted by atomic mass is 79.9. The third-order valence-corrected chi connectivity index (χ3v) is 4.07. The minimum Gasteiger partial charge on any atom is -0.325 e. The molecule has 0 saturated carbocycles. The standard InChI is InChI=1S/C13H16BrN5O/c1-8-3-10(4-9(2)13(8)14)16-12(20)7-19-6-11(5-15)17-18-19/h3-4,6H,5,7,15H2,1-2H3,(H,16,20). The molecule has 1 amide bonds. The third kappa shape index (κ3) is 3.43. The van der Waals surface area contributed by atoms with Crippen LogP contribution in [0.3, 0.4) is 0 Å². The van der Waals surface area contributed by atoms with Crippen molar-refractivity contribution in [3.8, 4) is 0 Å². The lowest BCUT2D eigenvalue weighted by Gasteiger charge is -2.09. The molecule has 0 unspecified atom stereocenters. The summed E-state index contributed by atoms with van der Waals surface area (Å²) in [6.07, 6.45) is 1.66. The van der Waals surface area contributed by atoms with Crippen molar-refractivity contribution in [3.63, 3.8) is 0 Å². The molecule has 0 spiro atoms. The van der Waals surface area contributed by atoms with E-state index in [1.165, 1.54) is 4.68 Å². The minimum absolute atomic E-state index is 0.112. The first-order valence-corrected chi connectivity index (χ1v) is 6.94. The van der Waals surface area contributed by atoms with Gasteiger partial charge in [-0.2, -0.15) is 0 Å². The molecule has 0 aliphatic rings. The maximum Gasteiger partial charge on any atom is 0.246 e. The number of hydrogen-bond donors (Lipinski definition) is 2. The number of anilines is 1. The molecule has 0 aliphatic heterocycles. The van der Waals surface area contributed by atoms with Crippen molar-refractivity contribution in [1.82, 2.24) is 15.0 Å². The minimum atomic E-state index is -0.153. The Balaban J connectivity index is 2.04. The Morgan fingerprint density at radius 3 is 2.60 bits per heavy atom. The van der Waals surface area contributed by atoms with Gasteiger partial charge in [0.05, 0.1) is 11.9 Å². The molecule has 3 N–H and O–H groups in total. The highest BCUT2D eigenvalue weighted by Gasteiger charge is 2.08. The van der Waals surface area contributed by atoms with E-state index < -0.39 is 0 Å².